The maximum absolute atomic E-state index is 4.34. The summed E-state index contributed by atoms with van der Waals surface area (Å²) >= 11 is 1.84. The lowest BCUT2D eigenvalue weighted by atomic mass is 10.1. The number of likely N-dealkylation sites (N-methyl/N-ethyl adjacent to an activating group) is 1. The fraction of sp³-hybridized carbons (Fsp3) is 0.737. The quantitative estimate of drug-likeness (QED) is 0.421. The van der Waals surface area contributed by atoms with E-state index in [1.807, 2.05) is 18.4 Å². The monoisotopic (exact) mass is 365 g/mol. The van der Waals surface area contributed by atoms with Crippen LogP contribution in [0.4, 0.5) is 0 Å². The molecule has 1 fully saturated rings. The normalized spacial score (nSPS) is 18.8. The predicted octanol–water partition coefficient (Wildman–Crippen LogP) is 2.12. The number of nitrogens with zero attached hydrogens (tertiary/aromatic N) is 3. The molecule has 1 unspecified atom stereocenters. The Morgan fingerprint density at radius 3 is 2.92 bits per heavy atom. The van der Waals surface area contributed by atoms with Crippen LogP contribution in [-0.2, 0) is 6.42 Å². The van der Waals surface area contributed by atoms with Crippen molar-refractivity contribution in [3.8, 4) is 0 Å². The lowest BCUT2D eigenvalue weighted by Gasteiger charge is -2.20. The van der Waals surface area contributed by atoms with Crippen LogP contribution in [0.25, 0.3) is 0 Å². The summed E-state index contributed by atoms with van der Waals surface area (Å²) in [5.41, 5.74) is 0. The Balaban J connectivity index is 1.57. The van der Waals surface area contributed by atoms with Gasteiger partial charge in [-0.15, -0.1) is 11.3 Å². The van der Waals surface area contributed by atoms with Gasteiger partial charge in [0.25, 0.3) is 0 Å². The van der Waals surface area contributed by atoms with E-state index in [1.54, 1.807) is 0 Å². The Kier molecular flexibility index (Phi) is 9.29. The Hall–Kier alpha value is -1.11. The molecule has 0 radical (unpaired) electrons. The summed E-state index contributed by atoms with van der Waals surface area (Å²) in [5, 5.41) is 9.06. The lowest BCUT2D eigenvalue weighted by Crippen LogP contribution is -2.41. The molecule has 0 bridgehead atoms. The second kappa shape index (κ2) is 11.5. The molecule has 0 aromatic carbocycles. The molecule has 2 rings (SSSR count). The summed E-state index contributed by atoms with van der Waals surface area (Å²) in [6, 6.07) is 4.35. The summed E-state index contributed by atoms with van der Waals surface area (Å²) in [6.07, 6.45) is 3.58. The van der Waals surface area contributed by atoms with Gasteiger partial charge in [0.05, 0.1) is 0 Å². The maximum atomic E-state index is 4.34. The minimum Gasteiger partial charge on any atom is -0.356 e. The molecule has 0 aliphatic carbocycles. The van der Waals surface area contributed by atoms with Crippen molar-refractivity contribution in [2.75, 3.05) is 59.9 Å². The van der Waals surface area contributed by atoms with Gasteiger partial charge in [0.1, 0.15) is 0 Å². The van der Waals surface area contributed by atoms with Crippen LogP contribution in [0.5, 0.6) is 0 Å². The smallest absolute Gasteiger partial charge is 0.190 e. The van der Waals surface area contributed by atoms with Gasteiger partial charge in [0.15, 0.2) is 5.96 Å². The summed E-state index contributed by atoms with van der Waals surface area (Å²) in [4.78, 5) is 10.8. The zero-order valence-corrected chi connectivity index (χ0v) is 16.9. The van der Waals surface area contributed by atoms with Crippen molar-refractivity contribution in [1.82, 2.24) is 20.4 Å². The van der Waals surface area contributed by atoms with Gasteiger partial charge in [-0.25, -0.2) is 0 Å². The van der Waals surface area contributed by atoms with E-state index in [-0.39, 0.29) is 0 Å². The number of aliphatic imine (C=N–C) groups is 1. The summed E-state index contributed by atoms with van der Waals surface area (Å²) < 4.78 is 0. The van der Waals surface area contributed by atoms with Crippen LogP contribution in [0.2, 0.25) is 0 Å². The molecule has 1 aliphatic heterocycles. The van der Waals surface area contributed by atoms with Crippen LogP contribution in [-0.4, -0.2) is 75.7 Å². The van der Waals surface area contributed by atoms with E-state index >= 15 is 0 Å². The molecule has 1 saturated heterocycles. The van der Waals surface area contributed by atoms with Crippen molar-refractivity contribution in [2.24, 2.45) is 10.9 Å². The molecule has 1 aliphatic rings. The molecule has 1 aromatic rings. The largest absolute Gasteiger partial charge is 0.356 e. The minimum atomic E-state index is 0.603. The van der Waals surface area contributed by atoms with E-state index in [2.05, 4.69) is 56.9 Å². The van der Waals surface area contributed by atoms with Crippen molar-refractivity contribution in [1.29, 1.82) is 0 Å². The van der Waals surface area contributed by atoms with Crippen LogP contribution in [0.1, 0.15) is 24.6 Å². The second-order valence-corrected chi connectivity index (χ2v) is 8.15. The van der Waals surface area contributed by atoms with Crippen molar-refractivity contribution < 1.29 is 0 Å². The van der Waals surface area contributed by atoms with Gasteiger partial charge >= 0.3 is 0 Å². The number of hydrogen-bond acceptors (Lipinski definition) is 4. The highest BCUT2D eigenvalue weighted by molar-refractivity contribution is 7.09. The first-order chi connectivity index (χ1) is 12.2. The number of guanidine groups is 1. The van der Waals surface area contributed by atoms with Crippen LogP contribution in [0.3, 0.4) is 0 Å². The molecular formula is C19H35N5S. The number of hydrogen-bond donors (Lipinski definition) is 2. The Morgan fingerprint density at radius 2 is 2.16 bits per heavy atom. The molecule has 2 heterocycles. The van der Waals surface area contributed by atoms with Gasteiger partial charge in [-0.2, -0.15) is 0 Å². The molecule has 2 N–H and O–H groups in total. The van der Waals surface area contributed by atoms with Crippen LogP contribution < -0.4 is 10.6 Å². The Labute approximate surface area is 157 Å². The average Bonchev–Trinajstić information content (AvgIpc) is 3.02. The molecule has 0 amide bonds. The van der Waals surface area contributed by atoms with Gasteiger partial charge in [0, 0.05) is 38.1 Å². The van der Waals surface area contributed by atoms with Crippen molar-refractivity contribution in [3.63, 3.8) is 0 Å². The van der Waals surface area contributed by atoms with Crippen molar-refractivity contribution >= 4 is 17.3 Å². The van der Waals surface area contributed by atoms with Gasteiger partial charge in [-0.1, -0.05) is 13.0 Å². The third-order valence-electron chi connectivity index (χ3n) is 4.73. The molecule has 5 nitrogen and oxygen atoms in total. The third-order valence-corrected chi connectivity index (χ3v) is 5.63. The molecule has 6 heteroatoms. The summed E-state index contributed by atoms with van der Waals surface area (Å²) in [5.74, 6) is 1.53. The van der Waals surface area contributed by atoms with Gasteiger partial charge in [0.2, 0.25) is 0 Å². The highest BCUT2D eigenvalue weighted by atomic mass is 32.1. The summed E-state index contributed by atoms with van der Waals surface area (Å²) in [6.45, 7) is 10.2. The first kappa shape index (κ1) is 20.2. The fourth-order valence-corrected chi connectivity index (χ4v) is 4.04. The predicted molar refractivity (Wildman–Crippen MR) is 110 cm³/mol. The van der Waals surface area contributed by atoms with Crippen LogP contribution >= 0.6 is 11.3 Å². The second-order valence-electron chi connectivity index (χ2n) is 7.12. The Morgan fingerprint density at radius 1 is 1.28 bits per heavy atom. The standard InChI is InChI=1S/C19H35N5S/c1-17(15-18-7-4-14-25-18)16-22-19(20-2)21-8-5-10-24-11-6-9-23(3)12-13-24/h4,7,14,17H,5-6,8-13,15-16H2,1-3H3,(H2,20,21,22). The highest BCUT2D eigenvalue weighted by Crippen LogP contribution is 2.13. The van der Waals surface area contributed by atoms with Gasteiger partial charge in [-0.05, 0) is 63.3 Å². The van der Waals surface area contributed by atoms with Gasteiger partial charge < -0.3 is 20.4 Å². The Bertz CT molecular complexity index is 488. The molecule has 0 saturated carbocycles. The van der Waals surface area contributed by atoms with E-state index in [4.69, 9.17) is 0 Å². The third kappa shape index (κ3) is 8.21. The van der Waals surface area contributed by atoms with E-state index in [0.717, 1.165) is 31.9 Å². The maximum Gasteiger partial charge on any atom is 0.190 e. The zero-order valence-electron chi connectivity index (χ0n) is 16.1. The summed E-state index contributed by atoms with van der Waals surface area (Å²) in [7, 11) is 4.07. The van der Waals surface area contributed by atoms with Crippen LogP contribution in [0, 0.1) is 5.92 Å². The van der Waals surface area contributed by atoms with Crippen LogP contribution in [0.15, 0.2) is 22.5 Å². The van der Waals surface area contributed by atoms with E-state index in [0.29, 0.717) is 5.92 Å². The van der Waals surface area contributed by atoms with E-state index < -0.39 is 0 Å². The van der Waals surface area contributed by atoms with Crippen molar-refractivity contribution in [2.45, 2.75) is 26.2 Å². The minimum absolute atomic E-state index is 0.603. The molecule has 142 valence electrons. The molecule has 0 spiro atoms. The molecular weight excluding hydrogens is 330 g/mol. The fourth-order valence-electron chi connectivity index (χ4n) is 3.17. The number of rotatable bonds is 8. The SMILES string of the molecule is CN=C(NCCCN1CCCN(C)CC1)NCC(C)Cc1cccs1. The molecule has 1 atom stereocenters. The number of nitrogens with one attached hydrogen (secondary N) is 2. The average molecular weight is 366 g/mol. The van der Waals surface area contributed by atoms with Gasteiger partial charge in [-0.3, -0.25) is 4.99 Å². The van der Waals surface area contributed by atoms with Crippen molar-refractivity contribution in [3.05, 3.63) is 22.4 Å². The lowest BCUT2D eigenvalue weighted by molar-refractivity contribution is 0.274. The topological polar surface area (TPSA) is 42.9 Å². The number of thiophene rings is 1. The molecule has 25 heavy (non-hydrogen) atoms. The zero-order chi connectivity index (χ0) is 17.9. The van der Waals surface area contributed by atoms with E-state index in [1.165, 1.54) is 44.0 Å². The highest BCUT2D eigenvalue weighted by Gasteiger charge is 2.11. The first-order valence-corrected chi connectivity index (χ1v) is 10.4. The van der Waals surface area contributed by atoms with E-state index in [9.17, 15) is 0 Å². The molecule has 1 aromatic heterocycles. The first-order valence-electron chi connectivity index (χ1n) is 9.55.